The number of hydrogen-bond donors (Lipinski definition) is 7. The maximum atomic E-state index is 11.4. The summed E-state index contributed by atoms with van der Waals surface area (Å²) in [6, 6.07) is -2.87. The number of urea groups is 3. The lowest BCUT2D eigenvalue weighted by Gasteiger charge is -2.08. The highest BCUT2D eigenvalue weighted by Gasteiger charge is 2.04. The Morgan fingerprint density at radius 3 is 2.05 bits per heavy atom. The monoisotopic (exact) mass is 275 g/mol. The minimum Gasteiger partial charge on any atom is -0.364 e. The van der Waals surface area contributed by atoms with Gasteiger partial charge in [-0.05, 0) is 0 Å². The van der Waals surface area contributed by atoms with E-state index in [1.54, 1.807) is 0 Å². The van der Waals surface area contributed by atoms with Gasteiger partial charge in [-0.1, -0.05) is 0 Å². The van der Waals surface area contributed by atoms with Crippen LogP contribution in [-0.2, 0) is 4.79 Å². The van der Waals surface area contributed by atoms with Gasteiger partial charge in [0.15, 0.2) is 1.41 Å². The molecule has 8 N–H and O–H groups in total. The highest BCUT2D eigenvalue weighted by Crippen LogP contribution is 1.64. The van der Waals surface area contributed by atoms with Gasteiger partial charge >= 0.3 is 25.6 Å². The van der Waals surface area contributed by atoms with Gasteiger partial charge in [-0.25, -0.2) is 4.79 Å². The maximum Gasteiger partial charge on any atom is 0.393 e. The van der Waals surface area contributed by atoms with Crippen LogP contribution < -0.4 is 37.4 Å². The molecule has 11 nitrogen and oxygen atoms in total. The topological polar surface area (TPSA) is 166 Å². The molecule has 0 aliphatic heterocycles. The zero-order chi connectivity index (χ0) is 17.1. The summed E-state index contributed by atoms with van der Waals surface area (Å²) in [5, 5.41) is 8.82. The number of carbonyl (C=O) groups excluding carboxylic acids is 4. The van der Waals surface area contributed by atoms with Crippen LogP contribution >= 0.6 is 0 Å². The van der Waals surface area contributed by atoms with E-state index >= 15 is 0 Å². The van der Waals surface area contributed by atoms with Crippen LogP contribution in [0.1, 0.15) is 6.92 Å². The molecule has 12 heteroatoms. The van der Waals surface area contributed by atoms with E-state index in [4.69, 9.17) is 4.24 Å². The third kappa shape index (κ3) is 11.6. The van der Waals surface area contributed by atoms with Crippen molar-refractivity contribution in [3.8, 4) is 0 Å². The smallest absolute Gasteiger partial charge is 0.364 e. The fourth-order valence-electron chi connectivity index (χ4n) is 0.669. The fourth-order valence-corrected chi connectivity index (χ4v) is 0.669. The minimum atomic E-state index is -1.03. The van der Waals surface area contributed by atoms with Crippen molar-refractivity contribution in [3.05, 3.63) is 0 Å². The Morgan fingerprint density at radius 1 is 1.05 bits per heavy atom. The van der Waals surface area contributed by atoms with E-state index in [1.165, 1.54) is 12.7 Å². The Kier molecular flexibility index (Phi) is 5.65. The molecule has 0 rings (SSSR count). The van der Waals surface area contributed by atoms with Crippen molar-refractivity contribution in [2.24, 2.45) is 5.73 Å². The van der Waals surface area contributed by atoms with E-state index in [9.17, 15) is 19.2 Å². The predicted molar refractivity (Wildman–Crippen MR) is 65.4 cm³/mol. The first-order valence-corrected chi connectivity index (χ1v) is 4.94. The molecule has 0 saturated carbocycles. The minimum absolute atomic E-state index is 0.144. The summed E-state index contributed by atoms with van der Waals surface area (Å²) in [6.07, 6.45) is 0. The molecule has 0 saturated heterocycles. The second kappa shape index (κ2) is 9.38. The average Bonchev–Trinajstić information content (AvgIpc) is 2.45. The van der Waals surface area contributed by atoms with Gasteiger partial charge in [-0.2, -0.15) is 0 Å². The van der Waals surface area contributed by atoms with Gasteiger partial charge < -0.3 is 37.4 Å². The second-order valence-electron chi connectivity index (χ2n) is 2.93. The Balaban J connectivity index is 4.03. The van der Waals surface area contributed by atoms with Gasteiger partial charge in [0.25, 0.3) is 0 Å². The molecule has 0 unspecified atom stereocenters. The lowest BCUT2D eigenvalue weighted by molar-refractivity contribution is -0.118. The lowest BCUT2D eigenvalue weighted by atomic mass is 10.2. The van der Waals surface area contributed by atoms with Crippen LogP contribution in [-0.4, -0.2) is 44.9 Å². The van der Waals surface area contributed by atoms with Crippen molar-refractivity contribution in [2.75, 3.05) is 13.3 Å². The Labute approximate surface area is 114 Å². The van der Waals surface area contributed by atoms with Gasteiger partial charge in [-0.3, -0.25) is 14.4 Å². The number of nitrogens with one attached hydrogen (secondary N) is 6. The highest BCUT2D eigenvalue weighted by molar-refractivity contribution is 6.38. The third-order valence-corrected chi connectivity index (χ3v) is 1.42. The molecule has 105 valence electrons. The molecule has 0 atom stereocenters. The van der Waals surface area contributed by atoms with Crippen molar-refractivity contribution >= 4 is 31.5 Å². The van der Waals surface area contributed by atoms with E-state index < -0.39 is 18.1 Å². The van der Waals surface area contributed by atoms with E-state index in [-0.39, 0.29) is 29.7 Å². The van der Waals surface area contributed by atoms with Gasteiger partial charge in [0.05, 0.1) is 13.3 Å². The fraction of sp³-hybridized carbons (Fsp3) is 0.429. The molecule has 0 fully saturated rings. The van der Waals surface area contributed by atoms with Gasteiger partial charge in [-0.15, -0.1) is 0 Å². The molecule has 0 aliphatic rings. The van der Waals surface area contributed by atoms with Crippen molar-refractivity contribution in [2.45, 2.75) is 6.92 Å². The molecule has 0 spiro atoms. The van der Waals surface area contributed by atoms with Gasteiger partial charge in [0.1, 0.15) is 2.82 Å². The number of amides is 7. The van der Waals surface area contributed by atoms with Crippen molar-refractivity contribution in [3.63, 3.8) is 0 Å². The Hall–Kier alpha value is -2.66. The summed E-state index contributed by atoms with van der Waals surface area (Å²) in [6.45, 7) is 0.662. The molecule has 7 amide bonds. The van der Waals surface area contributed by atoms with Crippen molar-refractivity contribution < 1.29 is 23.4 Å². The van der Waals surface area contributed by atoms with E-state index in [0.717, 1.165) is 0 Å². The lowest BCUT2D eigenvalue weighted by Crippen LogP contribution is -2.51. The second-order valence-corrected chi connectivity index (χ2v) is 2.93. The van der Waals surface area contributed by atoms with E-state index in [1.807, 2.05) is 0 Å². The van der Waals surface area contributed by atoms with Crippen LogP contribution in [0.15, 0.2) is 0 Å². The largest absolute Gasteiger partial charge is 0.393 e. The van der Waals surface area contributed by atoms with Crippen molar-refractivity contribution in [1.82, 2.24) is 31.7 Å². The molecule has 0 aromatic rings. The van der Waals surface area contributed by atoms with Gasteiger partial charge in [0, 0.05) is 6.92 Å². The Morgan fingerprint density at radius 2 is 1.58 bits per heavy atom. The third-order valence-electron chi connectivity index (χ3n) is 1.42. The zero-order valence-electron chi connectivity index (χ0n) is 13.0. The molecule has 19 heavy (non-hydrogen) atoms. The molecule has 0 bridgehead atoms. The standard InChI is InChI=1S/C7H15BN7O4/c1-4(16)10-2-12-6(18)14-8-15-7(19)13-3-11-5(9)17/h2-3H2,1H3,(H,10,16)(H3,9,11,17)(H2,12,14,18)(H2,13,15,19)/i/hD3. The van der Waals surface area contributed by atoms with Crippen LogP contribution in [0.3, 0.4) is 0 Å². The molecule has 0 aromatic heterocycles. The Bertz CT molecular complexity index is 429. The maximum absolute atomic E-state index is 11.4. The summed E-state index contributed by atoms with van der Waals surface area (Å²) < 4.78 is 21.0. The van der Waals surface area contributed by atoms with Crippen molar-refractivity contribution in [1.29, 1.82) is 0 Å². The normalized spacial score (nSPS) is 10.7. The molecular weight excluding hydrogens is 257 g/mol. The predicted octanol–water partition coefficient (Wildman–Crippen LogP) is -3.16. The summed E-state index contributed by atoms with van der Waals surface area (Å²) >= 11 is 0. The van der Waals surface area contributed by atoms with Crippen LogP contribution in [0.25, 0.3) is 0 Å². The molecule has 0 heterocycles. The highest BCUT2D eigenvalue weighted by atomic mass is 16.2. The first-order chi connectivity index (χ1) is 10.3. The molecule has 0 aromatic carbocycles. The number of nitrogens with two attached hydrogens (primary N) is 1. The summed E-state index contributed by atoms with van der Waals surface area (Å²) in [4.78, 5) is 43.9. The first-order valence-electron chi connectivity index (χ1n) is 6.34. The number of primary amides is 1. The number of carbonyl (C=O) groups is 4. The van der Waals surface area contributed by atoms with Crippen LogP contribution in [0.5, 0.6) is 0 Å². The van der Waals surface area contributed by atoms with Crippen LogP contribution in [0.4, 0.5) is 14.4 Å². The molecule has 1 radical (unpaired) electrons. The average molecular weight is 275 g/mol. The number of hydrogen-bond acceptors (Lipinski definition) is 4. The SMILES string of the molecule is [2H]NC(=O)NCNC(=O)N([2H])[B]N([2H])C(=O)NCNC(C)=O. The van der Waals surface area contributed by atoms with E-state index in [2.05, 4.69) is 21.3 Å². The van der Waals surface area contributed by atoms with Crippen LogP contribution in [0.2, 0.25) is 4.24 Å². The first kappa shape index (κ1) is 11.4. The molecule has 0 aliphatic carbocycles. The summed E-state index contributed by atoms with van der Waals surface area (Å²) in [5.41, 5.74) is 1.50. The zero-order valence-corrected chi connectivity index (χ0v) is 10.0. The molecular formula is C7H15BN7O4. The van der Waals surface area contributed by atoms with E-state index in [0.29, 0.717) is 7.55 Å². The summed E-state index contributed by atoms with van der Waals surface area (Å²) in [7, 11) is 0.545. The van der Waals surface area contributed by atoms with Gasteiger partial charge in [0.2, 0.25) is 5.91 Å². The quantitative estimate of drug-likeness (QED) is 0.201. The summed E-state index contributed by atoms with van der Waals surface area (Å²) in [5.74, 6) is -0.383. The number of rotatable bonds is 6. The van der Waals surface area contributed by atoms with Crippen LogP contribution in [0, 0.1) is 0 Å².